The molecule has 0 aliphatic heterocycles. The minimum Gasteiger partial charge on any atom is -0.479 e. The van der Waals surface area contributed by atoms with Crippen molar-refractivity contribution in [3.05, 3.63) is 47.0 Å². The van der Waals surface area contributed by atoms with Crippen molar-refractivity contribution in [3.63, 3.8) is 0 Å². The van der Waals surface area contributed by atoms with Crippen LogP contribution in [0.1, 0.15) is 35.6 Å². The molecule has 0 heterocycles. The van der Waals surface area contributed by atoms with Crippen LogP contribution in [0.25, 0.3) is 0 Å². The van der Waals surface area contributed by atoms with E-state index < -0.39 is 12.0 Å². The first kappa shape index (κ1) is 14.8. The summed E-state index contributed by atoms with van der Waals surface area (Å²) in [5.41, 5.74) is 2.76. The third-order valence-electron chi connectivity index (χ3n) is 5.01. The zero-order valence-corrected chi connectivity index (χ0v) is 12.9. The summed E-state index contributed by atoms with van der Waals surface area (Å²) in [6.45, 7) is 3.93. The topological polar surface area (TPSA) is 66.4 Å². The molecular formula is C18H21NO3. The first-order chi connectivity index (χ1) is 10.5. The number of aryl methyl sites for hydroxylation is 2. The Morgan fingerprint density at radius 3 is 2.50 bits per heavy atom. The molecule has 4 heteroatoms. The van der Waals surface area contributed by atoms with Crippen LogP contribution >= 0.6 is 0 Å². The van der Waals surface area contributed by atoms with Gasteiger partial charge in [0.15, 0.2) is 6.04 Å². The third kappa shape index (κ3) is 2.65. The van der Waals surface area contributed by atoms with Crippen molar-refractivity contribution < 1.29 is 14.7 Å². The highest BCUT2D eigenvalue weighted by atomic mass is 16.4. The van der Waals surface area contributed by atoms with E-state index in [1.165, 1.54) is 0 Å². The molecule has 1 amide bonds. The molecule has 0 aromatic heterocycles. The summed E-state index contributed by atoms with van der Waals surface area (Å²) in [6, 6.07) is 4.54. The van der Waals surface area contributed by atoms with E-state index in [0.717, 1.165) is 24.0 Å². The fourth-order valence-electron chi connectivity index (χ4n) is 3.56. The van der Waals surface area contributed by atoms with Crippen LogP contribution in [-0.4, -0.2) is 17.0 Å². The van der Waals surface area contributed by atoms with Crippen LogP contribution in [0.2, 0.25) is 0 Å². The van der Waals surface area contributed by atoms with Crippen LogP contribution in [0.5, 0.6) is 0 Å². The SMILES string of the molecule is Cc1ccc(C(NC(=O)C2CC3C=CC2C3)C(=O)O)cc1C. The normalized spacial score (nSPS) is 26.9. The van der Waals surface area contributed by atoms with Crippen LogP contribution in [0, 0.1) is 31.6 Å². The lowest BCUT2D eigenvalue weighted by Gasteiger charge is -2.22. The van der Waals surface area contributed by atoms with E-state index in [0.29, 0.717) is 11.5 Å². The van der Waals surface area contributed by atoms with Crippen LogP contribution in [0.4, 0.5) is 0 Å². The van der Waals surface area contributed by atoms with Crippen LogP contribution in [0.15, 0.2) is 30.4 Å². The predicted molar refractivity (Wildman–Crippen MR) is 83.3 cm³/mol. The summed E-state index contributed by atoms with van der Waals surface area (Å²) < 4.78 is 0. The summed E-state index contributed by atoms with van der Waals surface area (Å²) >= 11 is 0. The van der Waals surface area contributed by atoms with Gasteiger partial charge in [-0.1, -0.05) is 30.4 Å². The minimum absolute atomic E-state index is 0.0802. The standard InChI is InChI=1S/C18H21NO3/c1-10-3-5-14(7-11(10)2)16(18(21)22)19-17(20)15-9-12-4-6-13(15)8-12/h3-7,12-13,15-16H,8-9H2,1-2H3,(H,19,20)(H,21,22). The Bertz CT molecular complexity index is 650. The van der Waals surface area contributed by atoms with Crippen molar-refractivity contribution in [1.82, 2.24) is 5.32 Å². The molecule has 0 saturated heterocycles. The number of carboxylic acids is 1. The van der Waals surface area contributed by atoms with Gasteiger partial charge < -0.3 is 10.4 Å². The number of fused-ring (bicyclic) bond motifs is 2. The maximum atomic E-state index is 12.5. The molecule has 1 saturated carbocycles. The molecule has 4 unspecified atom stereocenters. The number of carboxylic acid groups (broad SMARTS) is 1. The Hall–Kier alpha value is -2.10. The van der Waals surface area contributed by atoms with Crippen LogP contribution in [-0.2, 0) is 9.59 Å². The van der Waals surface area contributed by atoms with Gasteiger partial charge in [0.1, 0.15) is 0 Å². The quantitative estimate of drug-likeness (QED) is 0.840. The van der Waals surface area contributed by atoms with Crippen molar-refractivity contribution >= 4 is 11.9 Å². The van der Waals surface area contributed by atoms with E-state index in [-0.39, 0.29) is 17.7 Å². The van der Waals surface area contributed by atoms with Gasteiger partial charge in [-0.15, -0.1) is 0 Å². The van der Waals surface area contributed by atoms with Gasteiger partial charge in [0, 0.05) is 5.92 Å². The number of allylic oxidation sites excluding steroid dienone is 2. The average Bonchev–Trinajstić information content (AvgIpc) is 3.10. The van der Waals surface area contributed by atoms with E-state index in [1.54, 1.807) is 6.07 Å². The molecule has 22 heavy (non-hydrogen) atoms. The van der Waals surface area contributed by atoms with Gasteiger partial charge in [0.2, 0.25) is 5.91 Å². The molecule has 0 spiro atoms. The number of carbonyl (C=O) groups is 2. The summed E-state index contributed by atoms with van der Waals surface area (Å²) in [7, 11) is 0. The van der Waals surface area contributed by atoms with Crippen molar-refractivity contribution in [2.45, 2.75) is 32.7 Å². The molecule has 2 aliphatic rings. The molecule has 116 valence electrons. The highest BCUT2D eigenvalue weighted by Gasteiger charge is 2.40. The second-order valence-corrected chi connectivity index (χ2v) is 6.51. The van der Waals surface area contributed by atoms with Crippen molar-refractivity contribution in [1.29, 1.82) is 0 Å². The van der Waals surface area contributed by atoms with E-state index in [4.69, 9.17) is 0 Å². The largest absolute Gasteiger partial charge is 0.479 e. The number of carbonyl (C=O) groups excluding carboxylic acids is 1. The smallest absolute Gasteiger partial charge is 0.330 e. The van der Waals surface area contributed by atoms with Crippen molar-refractivity contribution in [2.75, 3.05) is 0 Å². The highest BCUT2D eigenvalue weighted by Crippen LogP contribution is 2.43. The zero-order chi connectivity index (χ0) is 15.9. The number of rotatable bonds is 4. The second kappa shape index (κ2) is 5.59. The number of aliphatic carboxylic acids is 1. The lowest BCUT2D eigenvalue weighted by molar-refractivity contribution is -0.142. The zero-order valence-electron chi connectivity index (χ0n) is 12.9. The maximum Gasteiger partial charge on any atom is 0.330 e. The molecule has 1 aromatic carbocycles. The molecule has 2 bridgehead atoms. The molecule has 4 nitrogen and oxygen atoms in total. The Kier molecular flexibility index (Phi) is 3.77. The van der Waals surface area contributed by atoms with E-state index in [1.807, 2.05) is 26.0 Å². The Balaban J connectivity index is 1.77. The summed E-state index contributed by atoms with van der Waals surface area (Å²) in [6.07, 6.45) is 6.14. The molecular weight excluding hydrogens is 278 g/mol. The first-order valence-electron chi connectivity index (χ1n) is 7.74. The number of hydrogen-bond acceptors (Lipinski definition) is 2. The monoisotopic (exact) mass is 299 g/mol. The molecule has 0 radical (unpaired) electrons. The summed E-state index contributed by atoms with van der Waals surface area (Å²) in [5, 5.41) is 12.2. The molecule has 1 aromatic rings. The Morgan fingerprint density at radius 1 is 1.18 bits per heavy atom. The van der Waals surface area contributed by atoms with Crippen LogP contribution in [0.3, 0.4) is 0 Å². The maximum absolute atomic E-state index is 12.5. The van der Waals surface area contributed by atoms with Gasteiger partial charge in [-0.2, -0.15) is 0 Å². The van der Waals surface area contributed by atoms with Crippen LogP contribution < -0.4 is 5.32 Å². The predicted octanol–water partition coefficient (Wildman–Crippen LogP) is 2.76. The lowest BCUT2D eigenvalue weighted by Crippen LogP contribution is -2.39. The highest BCUT2D eigenvalue weighted by molar-refractivity contribution is 5.86. The third-order valence-corrected chi connectivity index (χ3v) is 5.01. The van der Waals surface area contributed by atoms with Gasteiger partial charge in [-0.25, -0.2) is 4.79 Å². The Labute approximate surface area is 130 Å². The Morgan fingerprint density at radius 2 is 1.95 bits per heavy atom. The summed E-state index contributed by atoms with van der Waals surface area (Å²) in [5.74, 6) is -0.467. The molecule has 4 atom stereocenters. The van der Waals surface area contributed by atoms with E-state index in [2.05, 4.69) is 17.5 Å². The van der Waals surface area contributed by atoms with Crippen molar-refractivity contribution in [3.8, 4) is 0 Å². The summed E-state index contributed by atoms with van der Waals surface area (Å²) in [4.78, 5) is 24.0. The van der Waals surface area contributed by atoms with Gasteiger partial charge in [0.05, 0.1) is 0 Å². The fourth-order valence-corrected chi connectivity index (χ4v) is 3.56. The fraction of sp³-hybridized carbons (Fsp3) is 0.444. The molecule has 2 N–H and O–H groups in total. The first-order valence-corrected chi connectivity index (χ1v) is 7.74. The number of nitrogens with one attached hydrogen (secondary N) is 1. The van der Waals surface area contributed by atoms with E-state index in [9.17, 15) is 14.7 Å². The molecule has 1 fully saturated rings. The number of amides is 1. The molecule has 3 rings (SSSR count). The van der Waals surface area contributed by atoms with Gasteiger partial charge >= 0.3 is 5.97 Å². The van der Waals surface area contributed by atoms with Gasteiger partial charge in [-0.3, -0.25) is 4.79 Å². The lowest BCUT2D eigenvalue weighted by atomic mass is 9.92. The number of hydrogen-bond donors (Lipinski definition) is 2. The minimum atomic E-state index is -1.02. The van der Waals surface area contributed by atoms with Gasteiger partial charge in [-0.05, 0) is 55.2 Å². The van der Waals surface area contributed by atoms with E-state index >= 15 is 0 Å². The second-order valence-electron chi connectivity index (χ2n) is 6.51. The van der Waals surface area contributed by atoms with Gasteiger partial charge in [0.25, 0.3) is 0 Å². The average molecular weight is 299 g/mol. The number of benzene rings is 1. The molecule has 2 aliphatic carbocycles. The van der Waals surface area contributed by atoms with Crippen molar-refractivity contribution in [2.24, 2.45) is 17.8 Å².